The van der Waals surface area contributed by atoms with Gasteiger partial charge in [0.1, 0.15) is 5.75 Å². The van der Waals surface area contributed by atoms with Gasteiger partial charge in [0.2, 0.25) is 0 Å². The average Bonchev–Trinajstić information content (AvgIpc) is 2.59. The number of hydrogen-bond donors (Lipinski definition) is 0. The van der Waals surface area contributed by atoms with Gasteiger partial charge in [-0.3, -0.25) is 4.79 Å². The number of likely N-dealkylation sites (N-methyl/N-ethyl adjacent to an activating group) is 1. The van der Waals surface area contributed by atoms with E-state index < -0.39 is 0 Å². The SMILES string of the molecule is COc1cccc(CN(C)C(=O)COc2cccc(C)c2)c1OC. The Hall–Kier alpha value is -2.69. The lowest BCUT2D eigenvalue weighted by Gasteiger charge is -2.20. The summed E-state index contributed by atoms with van der Waals surface area (Å²) in [5.41, 5.74) is 1.97. The van der Waals surface area contributed by atoms with Gasteiger partial charge in [0.05, 0.1) is 14.2 Å². The molecule has 1 amide bonds. The third kappa shape index (κ3) is 4.41. The van der Waals surface area contributed by atoms with Crippen molar-refractivity contribution in [1.29, 1.82) is 0 Å². The number of hydrogen-bond acceptors (Lipinski definition) is 4. The molecule has 2 aromatic rings. The molecule has 0 unspecified atom stereocenters. The lowest BCUT2D eigenvalue weighted by Crippen LogP contribution is -2.31. The molecule has 5 nitrogen and oxygen atoms in total. The maximum absolute atomic E-state index is 12.3. The molecule has 2 aromatic carbocycles. The fraction of sp³-hybridized carbons (Fsp3) is 0.316. The predicted molar refractivity (Wildman–Crippen MR) is 92.7 cm³/mol. The molecule has 5 heteroatoms. The van der Waals surface area contributed by atoms with Crippen LogP contribution in [0.2, 0.25) is 0 Å². The van der Waals surface area contributed by atoms with Gasteiger partial charge in [-0.2, -0.15) is 0 Å². The Balaban J connectivity index is 1.99. The van der Waals surface area contributed by atoms with Crippen LogP contribution >= 0.6 is 0 Å². The first-order valence-corrected chi connectivity index (χ1v) is 7.68. The number of nitrogens with zero attached hydrogens (tertiary/aromatic N) is 1. The molecule has 0 bridgehead atoms. The van der Waals surface area contributed by atoms with Crippen LogP contribution in [0, 0.1) is 6.92 Å². The van der Waals surface area contributed by atoms with Gasteiger partial charge in [0.25, 0.3) is 5.91 Å². The average molecular weight is 329 g/mol. The van der Waals surface area contributed by atoms with Gasteiger partial charge in [-0.05, 0) is 30.7 Å². The summed E-state index contributed by atoms with van der Waals surface area (Å²) in [6.45, 7) is 2.39. The van der Waals surface area contributed by atoms with Crippen LogP contribution in [-0.4, -0.2) is 38.7 Å². The second-order valence-corrected chi connectivity index (χ2v) is 5.51. The molecule has 0 heterocycles. The summed E-state index contributed by atoms with van der Waals surface area (Å²) in [7, 11) is 4.91. The molecule has 2 rings (SSSR count). The standard InChI is InChI=1S/C19H23NO4/c1-14-7-5-9-16(11-14)24-13-18(21)20(2)12-15-8-6-10-17(22-3)19(15)23-4/h5-11H,12-13H2,1-4H3. The van der Waals surface area contributed by atoms with Crippen LogP contribution in [0.25, 0.3) is 0 Å². The lowest BCUT2D eigenvalue weighted by atomic mass is 10.1. The number of benzene rings is 2. The molecule has 0 saturated heterocycles. The molecule has 24 heavy (non-hydrogen) atoms. The van der Waals surface area contributed by atoms with Gasteiger partial charge in [0, 0.05) is 19.2 Å². The normalized spacial score (nSPS) is 10.2. The van der Waals surface area contributed by atoms with Gasteiger partial charge in [-0.25, -0.2) is 0 Å². The zero-order chi connectivity index (χ0) is 17.5. The first kappa shape index (κ1) is 17.7. The van der Waals surface area contributed by atoms with Gasteiger partial charge in [-0.1, -0.05) is 24.3 Å². The number of amides is 1. The predicted octanol–water partition coefficient (Wildman–Crippen LogP) is 3.05. The third-order valence-electron chi connectivity index (χ3n) is 3.67. The molecule has 0 saturated carbocycles. The molecule has 128 valence electrons. The second-order valence-electron chi connectivity index (χ2n) is 5.51. The first-order valence-electron chi connectivity index (χ1n) is 7.68. The fourth-order valence-corrected chi connectivity index (χ4v) is 2.38. The van der Waals surface area contributed by atoms with Crippen molar-refractivity contribution in [2.45, 2.75) is 13.5 Å². The van der Waals surface area contributed by atoms with Crippen LogP contribution in [0.5, 0.6) is 17.2 Å². The molecular weight excluding hydrogens is 306 g/mol. The Morgan fingerprint density at radius 3 is 2.50 bits per heavy atom. The van der Waals surface area contributed by atoms with Crippen molar-refractivity contribution in [2.24, 2.45) is 0 Å². The number of para-hydroxylation sites is 1. The summed E-state index contributed by atoms with van der Waals surface area (Å²) in [6.07, 6.45) is 0. The molecule has 0 N–H and O–H groups in total. The van der Waals surface area contributed by atoms with E-state index in [4.69, 9.17) is 14.2 Å². The molecule has 0 aromatic heterocycles. The number of ether oxygens (including phenoxy) is 3. The van der Waals surface area contributed by atoms with Gasteiger partial charge < -0.3 is 19.1 Å². The Bertz CT molecular complexity index is 700. The molecule has 0 spiro atoms. The molecule has 0 aliphatic heterocycles. The summed E-state index contributed by atoms with van der Waals surface area (Å²) in [5.74, 6) is 1.86. The highest BCUT2D eigenvalue weighted by molar-refractivity contribution is 5.77. The van der Waals surface area contributed by atoms with Crippen molar-refractivity contribution in [2.75, 3.05) is 27.9 Å². The smallest absolute Gasteiger partial charge is 0.260 e. The van der Waals surface area contributed by atoms with Crippen molar-refractivity contribution < 1.29 is 19.0 Å². The zero-order valence-electron chi connectivity index (χ0n) is 14.5. The number of carbonyl (C=O) groups excluding carboxylic acids is 1. The highest BCUT2D eigenvalue weighted by atomic mass is 16.5. The van der Waals surface area contributed by atoms with E-state index in [1.807, 2.05) is 49.4 Å². The molecule has 0 atom stereocenters. The number of rotatable bonds is 7. The van der Waals surface area contributed by atoms with E-state index in [-0.39, 0.29) is 12.5 Å². The van der Waals surface area contributed by atoms with Crippen LogP contribution in [0.1, 0.15) is 11.1 Å². The number of carbonyl (C=O) groups is 1. The van der Waals surface area contributed by atoms with E-state index in [9.17, 15) is 4.79 Å². The van der Waals surface area contributed by atoms with Crippen molar-refractivity contribution in [3.05, 3.63) is 53.6 Å². The topological polar surface area (TPSA) is 48.0 Å². The minimum absolute atomic E-state index is 0.00770. The lowest BCUT2D eigenvalue weighted by molar-refractivity contribution is -0.132. The van der Waals surface area contributed by atoms with Gasteiger partial charge in [0.15, 0.2) is 18.1 Å². The van der Waals surface area contributed by atoms with Crippen molar-refractivity contribution >= 4 is 5.91 Å². The minimum atomic E-state index is -0.110. The van der Waals surface area contributed by atoms with Gasteiger partial charge >= 0.3 is 0 Å². The Labute approximate surface area is 142 Å². The monoisotopic (exact) mass is 329 g/mol. The summed E-state index contributed by atoms with van der Waals surface area (Å²) in [4.78, 5) is 13.9. The summed E-state index contributed by atoms with van der Waals surface area (Å²) < 4.78 is 16.2. The molecule has 0 fully saturated rings. The van der Waals surface area contributed by atoms with E-state index in [1.165, 1.54) is 0 Å². The molecule has 0 aliphatic rings. The summed E-state index contributed by atoms with van der Waals surface area (Å²) >= 11 is 0. The Morgan fingerprint density at radius 2 is 1.83 bits per heavy atom. The fourth-order valence-electron chi connectivity index (χ4n) is 2.38. The van der Waals surface area contributed by atoms with Crippen molar-refractivity contribution in [3.63, 3.8) is 0 Å². The quantitative estimate of drug-likeness (QED) is 0.783. The Kier molecular flexibility index (Phi) is 6.07. The second kappa shape index (κ2) is 8.24. The van der Waals surface area contributed by atoms with Crippen LogP contribution in [0.3, 0.4) is 0 Å². The summed E-state index contributed by atoms with van der Waals surface area (Å²) in [6, 6.07) is 13.2. The molecular formula is C19H23NO4. The maximum Gasteiger partial charge on any atom is 0.260 e. The van der Waals surface area contributed by atoms with Crippen LogP contribution in [0.4, 0.5) is 0 Å². The van der Waals surface area contributed by atoms with E-state index >= 15 is 0 Å². The van der Waals surface area contributed by atoms with E-state index in [2.05, 4.69) is 0 Å². The minimum Gasteiger partial charge on any atom is -0.493 e. The number of methoxy groups -OCH3 is 2. The van der Waals surface area contributed by atoms with Crippen LogP contribution in [-0.2, 0) is 11.3 Å². The van der Waals surface area contributed by atoms with Crippen LogP contribution < -0.4 is 14.2 Å². The van der Waals surface area contributed by atoms with Crippen LogP contribution in [0.15, 0.2) is 42.5 Å². The largest absolute Gasteiger partial charge is 0.493 e. The first-order chi connectivity index (χ1) is 11.5. The van der Waals surface area contributed by atoms with Crippen molar-refractivity contribution in [3.8, 4) is 17.2 Å². The molecule has 0 radical (unpaired) electrons. The Morgan fingerprint density at radius 1 is 1.08 bits per heavy atom. The van der Waals surface area contributed by atoms with E-state index in [0.29, 0.717) is 23.8 Å². The zero-order valence-corrected chi connectivity index (χ0v) is 14.5. The maximum atomic E-state index is 12.3. The van der Waals surface area contributed by atoms with E-state index in [0.717, 1.165) is 11.1 Å². The van der Waals surface area contributed by atoms with Crippen molar-refractivity contribution in [1.82, 2.24) is 4.90 Å². The third-order valence-corrected chi connectivity index (χ3v) is 3.67. The molecule has 0 aliphatic carbocycles. The summed E-state index contributed by atoms with van der Waals surface area (Å²) in [5, 5.41) is 0. The number of aryl methyl sites for hydroxylation is 1. The highest BCUT2D eigenvalue weighted by Crippen LogP contribution is 2.31. The van der Waals surface area contributed by atoms with Gasteiger partial charge in [-0.15, -0.1) is 0 Å². The van der Waals surface area contributed by atoms with E-state index in [1.54, 1.807) is 26.2 Å². The highest BCUT2D eigenvalue weighted by Gasteiger charge is 2.15.